The van der Waals surface area contributed by atoms with E-state index < -0.39 is 11.5 Å². The number of hydrogen-bond acceptors (Lipinski definition) is 6. The number of carbonyl (C=O) groups excluding carboxylic acids is 1. The Morgan fingerprint density at radius 1 is 1.27 bits per heavy atom. The maximum absolute atomic E-state index is 12.5. The molecule has 1 aliphatic heterocycles. The normalized spacial score (nSPS) is 16.5. The monoisotopic (exact) mass is 368 g/mol. The second-order valence-corrected chi connectivity index (χ2v) is 7.08. The molecule has 0 radical (unpaired) electrons. The van der Waals surface area contributed by atoms with E-state index in [1.165, 1.54) is 6.20 Å². The molecule has 0 spiro atoms. The van der Waals surface area contributed by atoms with Crippen molar-refractivity contribution in [3.63, 3.8) is 0 Å². The summed E-state index contributed by atoms with van der Waals surface area (Å²) in [6, 6.07) is 11.9. The molecule has 1 aliphatic rings. The zero-order valence-corrected chi connectivity index (χ0v) is 14.6. The van der Waals surface area contributed by atoms with Crippen molar-refractivity contribution in [1.82, 2.24) is 4.98 Å². The van der Waals surface area contributed by atoms with E-state index in [-0.39, 0.29) is 11.8 Å². The SMILES string of the molecule is O=C(Nc1cc2ccccc2oc1=O)c1ccnc(O[C@@H]2CCSC2)c1. The first kappa shape index (κ1) is 16.7. The minimum Gasteiger partial charge on any atom is -0.473 e. The number of amides is 1. The molecule has 132 valence electrons. The van der Waals surface area contributed by atoms with E-state index in [4.69, 9.17) is 9.15 Å². The predicted octanol–water partition coefficient (Wildman–Crippen LogP) is 3.32. The molecule has 3 heterocycles. The molecular weight excluding hydrogens is 352 g/mol. The van der Waals surface area contributed by atoms with Gasteiger partial charge in [-0.05, 0) is 30.4 Å². The largest absolute Gasteiger partial charge is 0.473 e. The highest BCUT2D eigenvalue weighted by atomic mass is 32.2. The average Bonchev–Trinajstić information content (AvgIpc) is 3.15. The van der Waals surface area contributed by atoms with Crippen LogP contribution in [0.3, 0.4) is 0 Å². The van der Waals surface area contributed by atoms with Gasteiger partial charge in [0, 0.05) is 29.0 Å². The van der Waals surface area contributed by atoms with Crippen molar-refractivity contribution in [2.45, 2.75) is 12.5 Å². The third-order valence-electron chi connectivity index (χ3n) is 4.06. The second-order valence-electron chi connectivity index (χ2n) is 5.93. The number of nitrogens with one attached hydrogen (secondary N) is 1. The van der Waals surface area contributed by atoms with Crippen LogP contribution in [-0.4, -0.2) is 28.5 Å². The maximum atomic E-state index is 12.5. The smallest absolute Gasteiger partial charge is 0.360 e. The summed E-state index contributed by atoms with van der Waals surface area (Å²) < 4.78 is 11.0. The molecule has 0 saturated carbocycles. The van der Waals surface area contributed by atoms with Gasteiger partial charge >= 0.3 is 5.63 Å². The first-order valence-electron chi connectivity index (χ1n) is 8.24. The molecule has 1 amide bonds. The number of benzene rings is 1. The highest BCUT2D eigenvalue weighted by Crippen LogP contribution is 2.22. The molecule has 2 aromatic heterocycles. The number of nitrogens with zero attached hydrogens (tertiary/aromatic N) is 1. The number of thioether (sulfide) groups is 1. The Labute approximate surface area is 153 Å². The molecule has 0 aliphatic carbocycles. The minimum absolute atomic E-state index is 0.0974. The van der Waals surface area contributed by atoms with Crippen molar-refractivity contribution in [3.05, 3.63) is 64.6 Å². The van der Waals surface area contributed by atoms with Gasteiger partial charge in [-0.15, -0.1) is 0 Å². The summed E-state index contributed by atoms with van der Waals surface area (Å²) in [6.45, 7) is 0. The Balaban J connectivity index is 1.54. The van der Waals surface area contributed by atoms with E-state index in [0.717, 1.165) is 23.3 Å². The minimum atomic E-state index is -0.592. The van der Waals surface area contributed by atoms with Crippen molar-refractivity contribution in [2.24, 2.45) is 0 Å². The van der Waals surface area contributed by atoms with Gasteiger partial charge in [-0.3, -0.25) is 4.79 Å². The van der Waals surface area contributed by atoms with Crippen molar-refractivity contribution in [2.75, 3.05) is 16.8 Å². The number of aromatic nitrogens is 1. The van der Waals surface area contributed by atoms with Gasteiger partial charge in [0.15, 0.2) is 0 Å². The molecule has 4 rings (SSSR count). The van der Waals surface area contributed by atoms with Crippen LogP contribution in [0.15, 0.2) is 57.9 Å². The first-order valence-corrected chi connectivity index (χ1v) is 9.39. The zero-order valence-electron chi connectivity index (χ0n) is 13.8. The van der Waals surface area contributed by atoms with Crippen LogP contribution < -0.4 is 15.7 Å². The average molecular weight is 368 g/mol. The number of hydrogen-bond donors (Lipinski definition) is 1. The molecule has 26 heavy (non-hydrogen) atoms. The number of fused-ring (bicyclic) bond motifs is 1. The lowest BCUT2D eigenvalue weighted by atomic mass is 10.2. The summed E-state index contributed by atoms with van der Waals surface area (Å²) in [6.07, 6.45) is 2.62. The predicted molar refractivity (Wildman–Crippen MR) is 101 cm³/mol. The summed E-state index contributed by atoms with van der Waals surface area (Å²) in [5, 5.41) is 3.34. The summed E-state index contributed by atoms with van der Waals surface area (Å²) >= 11 is 1.84. The Bertz CT molecular complexity index is 1010. The van der Waals surface area contributed by atoms with E-state index in [2.05, 4.69) is 10.3 Å². The summed E-state index contributed by atoms with van der Waals surface area (Å²) in [4.78, 5) is 28.7. The summed E-state index contributed by atoms with van der Waals surface area (Å²) in [5.74, 6) is 2.00. The molecule has 1 N–H and O–H groups in total. The van der Waals surface area contributed by atoms with Gasteiger partial charge in [0.05, 0.1) is 0 Å². The van der Waals surface area contributed by atoms with Crippen LogP contribution in [0, 0.1) is 0 Å². The van der Waals surface area contributed by atoms with E-state index in [1.54, 1.807) is 30.3 Å². The molecule has 1 aromatic carbocycles. The summed E-state index contributed by atoms with van der Waals surface area (Å²) in [7, 11) is 0. The third-order valence-corrected chi connectivity index (χ3v) is 5.19. The van der Waals surface area contributed by atoms with Crippen LogP contribution in [0.1, 0.15) is 16.8 Å². The fourth-order valence-corrected chi connectivity index (χ4v) is 3.83. The highest BCUT2D eigenvalue weighted by Gasteiger charge is 2.18. The van der Waals surface area contributed by atoms with Gasteiger partial charge in [0.1, 0.15) is 17.4 Å². The Morgan fingerprint density at radius 2 is 2.15 bits per heavy atom. The van der Waals surface area contributed by atoms with Crippen LogP contribution in [-0.2, 0) is 0 Å². The van der Waals surface area contributed by atoms with E-state index >= 15 is 0 Å². The maximum Gasteiger partial charge on any atom is 0.360 e. The molecule has 1 atom stereocenters. The molecule has 3 aromatic rings. The number of pyridine rings is 1. The molecular formula is C19H16N2O4S. The number of ether oxygens (including phenoxy) is 1. The highest BCUT2D eigenvalue weighted by molar-refractivity contribution is 7.99. The van der Waals surface area contributed by atoms with Crippen molar-refractivity contribution < 1.29 is 13.9 Å². The van der Waals surface area contributed by atoms with Crippen molar-refractivity contribution in [3.8, 4) is 5.88 Å². The number of carbonyl (C=O) groups is 1. The van der Waals surface area contributed by atoms with Gasteiger partial charge in [-0.2, -0.15) is 11.8 Å². The lowest BCUT2D eigenvalue weighted by Crippen LogP contribution is -2.19. The van der Waals surface area contributed by atoms with Gasteiger partial charge in [-0.1, -0.05) is 18.2 Å². The van der Waals surface area contributed by atoms with Gasteiger partial charge in [-0.25, -0.2) is 9.78 Å². The fraction of sp³-hybridized carbons (Fsp3) is 0.211. The van der Waals surface area contributed by atoms with Crippen LogP contribution in [0.25, 0.3) is 11.0 Å². The first-order chi connectivity index (χ1) is 12.7. The molecule has 1 fully saturated rings. The zero-order chi connectivity index (χ0) is 17.9. The fourth-order valence-electron chi connectivity index (χ4n) is 2.74. The van der Waals surface area contributed by atoms with Crippen LogP contribution in [0.4, 0.5) is 5.69 Å². The molecule has 6 nitrogen and oxygen atoms in total. The van der Waals surface area contributed by atoms with Crippen LogP contribution in [0.2, 0.25) is 0 Å². The van der Waals surface area contributed by atoms with Crippen molar-refractivity contribution >= 4 is 34.3 Å². The van der Waals surface area contributed by atoms with Gasteiger partial charge in [0.25, 0.3) is 5.91 Å². The lowest BCUT2D eigenvalue weighted by Gasteiger charge is -2.12. The summed E-state index contributed by atoms with van der Waals surface area (Å²) in [5.41, 5.74) is 0.350. The van der Waals surface area contributed by atoms with Crippen molar-refractivity contribution in [1.29, 1.82) is 0 Å². The number of para-hydroxylation sites is 1. The molecule has 0 unspecified atom stereocenters. The topological polar surface area (TPSA) is 81.4 Å². The third kappa shape index (κ3) is 3.57. The van der Waals surface area contributed by atoms with Crippen LogP contribution in [0.5, 0.6) is 5.88 Å². The van der Waals surface area contributed by atoms with Gasteiger partial charge in [0.2, 0.25) is 5.88 Å². The second kappa shape index (κ2) is 7.21. The van der Waals surface area contributed by atoms with E-state index in [9.17, 15) is 9.59 Å². The molecule has 7 heteroatoms. The standard InChI is InChI=1S/C19H16N2O4S/c22-18(13-5-7-20-17(10-13)24-14-6-8-26-11-14)21-15-9-12-3-1-2-4-16(12)25-19(15)23/h1-5,7,9-10,14H,6,8,11H2,(H,21,22)/t14-/m1/s1. The quantitative estimate of drug-likeness (QED) is 0.712. The Morgan fingerprint density at radius 3 is 3.00 bits per heavy atom. The molecule has 0 bridgehead atoms. The van der Waals surface area contributed by atoms with Crippen LogP contribution >= 0.6 is 11.8 Å². The van der Waals surface area contributed by atoms with Gasteiger partial charge < -0.3 is 14.5 Å². The Hall–Kier alpha value is -2.80. The number of anilines is 1. The lowest BCUT2D eigenvalue weighted by molar-refractivity contribution is 0.102. The molecule has 1 saturated heterocycles. The number of rotatable bonds is 4. The van der Waals surface area contributed by atoms with E-state index in [1.807, 2.05) is 23.9 Å². The van der Waals surface area contributed by atoms with E-state index in [0.29, 0.717) is 17.0 Å². The Kier molecular flexibility index (Phi) is 4.62.